The minimum atomic E-state index is -0.00768. The van der Waals surface area contributed by atoms with Crippen LogP contribution in [0.2, 0.25) is 0 Å². The number of carbonyl (C=O) groups excluding carboxylic acids is 1. The zero-order valence-corrected chi connectivity index (χ0v) is 15.3. The van der Waals surface area contributed by atoms with E-state index >= 15 is 0 Å². The van der Waals surface area contributed by atoms with Gasteiger partial charge in [0.15, 0.2) is 5.69 Å². The highest BCUT2D eigenvalue weighted by Gasteiger charge is 2.36. The van der Waals surface area contributed by atoms with E-state index in [9.17, 15) is 4.79 Å². The molecule has 2 aromatic rings. The van der Waals surface area contributed by atoms with E-state index in [0.717, 1.165) is 55.7 Å². The van der Waals surface area contributed by atoms with Gasteiger partial charge in [-0.1, -0.05) is 44.1 Å². The molecule has 0 saturated carbocycles. The van der Waals surface area contributed by atoms with E-state index in [1.54, 1.807) is 0 Å². The summed E-state index contributed by atoms with van der Waals surface area (Å²) in [6.45, 7) is 7.58. The Balaban J connectivity index is 1.66. The summed E-state index contributed by atoms with van der Waals surface area (Å²) in [6.07, 6.45) is 4.90. The van der Waals surface area contributed by atoms with Gasteiger partial charge in [-0.2, -0.15) is 0 Å². The standard InChI is InChI=1S/C21H26N2O2/c1-21(2,3)15-10-11-18-16(13-15)19(22-25-18)20(24)23-12-6-8-14-7-4-5-9-17(14)23/h4-5,7,9,15H,6,8,10-13H2,1-3H3/t15-/m0/s1. The number of anilines is 1. The fourth-order valence-electron chi connectivity index (χ4n) is 4.18. The molecule has 1 atom stereocenters. The second kappa shape index (κ2) is 6.01. The highest BCUT2D eigenvalue weighted by atomic mass is 16.5. The van der Waals surface area contributed by atoms with E-state index in [4.69, 9.17) is 4.52 Å². The Bertz CT molecular complexity index is 800. The summed E-state index contributed by atoms with van der Waals surface area (Å²) < 4.78 is 5.55. The fraction of sp³-hybridized carbons (Fsp3) is 0.524. The molecule has 2 heterocycles. The molecule has 1 amide bonds. The molecular weight excluding hydrogens is 312 g/mol. The number of hydrogen-bond acceptors (Lipinski definition) is 3. The number of aryl methyl sites for hydroxylation is 2. The van der Waals surface area contributed by atoms with Crippen LogP contribution in [0.1, 0.15) is 61.0 Å². The van der Waals surface area contributed by atoms with Crippen LogP contribution in [0, 0.1) is 11.3 Å². The number of benzene rings is 1. The maximum atomic E-state index is 13.3. The molecule has 25 heavy (non-hydrogen) atoms. The van der Waals surface area contributed by atoms with Gasteiger partial charge in [-0.25, -0.2) is 0 Å². The molecule has 1 aromatic heterocycles. The maximum absolute atomic E-state index is 13.3. The van der Waals surface area contributed by atoms with Gasteiger partial charge in [0.2, 0.25) is 0 Å². The molecule has 0 bridgehead atoms. The van der Waals surface area contributed by atoms with Crippen LogP contribution in [0.25, 0.3) is 0 Å². The third-order valence-electron chi connectivity index (χ3n) is 5.82. The number of amides is 1. The molecule has 4 nitrogen and oxygen atoms in total. The Labute approximate surface area is 149 Å². The average Bonchev–Trinajstić information content (AvgIpc) is 3.03. The zero-order valence-electron chi connectivity index (χ0n) is 15.3. The third kappa shape index (κ3) is 2.88. The van der Waals surface area contributed by atoms with Gasteiger partial charge in [-0.15, -0.1) is 0 Å². The summed E-state index contributed by atoms with van der Waals surface area (Å²) in [4.78, 5) is 15.1. The second-order valence-corrected chi connectivity index (χ2v) is 8.43. The number of hydrogen-bond donors (Lipinski definition) is 0. The predicted octanol–water partition coefficient (Wildman–Crippen LogP) is 4.42. The van der Waals surface area contributed by atoms with E-state index < -0.39 is 0 Å². The second-order valence-electron chi connectivity index (χ2n) is 8.43. The van der Waals surface area contributed by atoms with Crippen molar-refractivity contribution >= 4 is 11.6 Å². The Morgan fingerprint density at radius 2 is 2.04 bits per heavy atom. The Morgan fingerprint density at radius 1 is 1.24 bits per heavy atom. The first-order valence-corrected chi connectivity index (χ1v) is 9.32. The summed E-state index contributed by atoms with van der Waals surface area (Å²) in [5.41, 5.74) is 4.07. The third-order valence-corrected chi connectivity index (χ3v) is 5.82. The lowest BCUT2D eigenvalue weighted by Gasteiger charge is -2.33. The van der Waals surface area contributed by atoms with Crippen LogP contribution in [0.4, 0.5) is 5.69 Å². The molecule has 0 spiro atoms. The maximum Gasteiger partial charge on any atom is 0.280 e. The molecule has 1 aliphatic heterocycles. The molecule has 1 aromatic carbocycles. The Morgan fingerprint density at radius 3 is 2.84 bits per heavy atom. The van der Waals surface area contributed by atoms with Gasteiger partial charge in [0.1, 0.15) is 5.76 Å². The van der Waals surface area contributed by atoms with Gasteiger partial charge < -0.3 is 9.42 Å². The predicted molar refractivity (Wildman–Crippen MR) is 97.9 cm³/mol. The quantitative estimate of drug-likeness (QED) is 0.773. The van der Waals surface area contributed by atoms with Crippen LogP contribution in [0.3, 0.4) is 0 Å². The highest BCUT2D eigenvalue weighted by Crippen LogP contribution is 2.39. The summed E-state index contributed by atoms with van der Waals surface area (Å²) in [7, 11) is 0. The van der Waals surface area contributed by atoms with Crippen molar-refractivity contribution in [3.05, 3.63) is 46.8 Å². The van der Waals surface area contributed by atoms with Crippen LogP contribution in [0.5, 0.6) is 0 Å². The molecule has 132 valence electrons. The van der Waals surface area contributed by atoms with Gasteiger partial charge >= 0.3 is 0 Å². The van der Waals surface area contributed by atoms with Crippen LogP contribution < -0.4 is 4.90 Å². The van der Waals surface area contributed by atoms with E-state index in [1.165, 1.54) is 5.56 Å². The summed E-state index contributed by atoms with van der Waals surface area (Å²) in [5.74, 6) is 1.46. The van der Waals surface area contributed by atoms with E-state index in [0.29, 0.717) is 11.6 Å². The van der Waals surface area contributed by atoms with Crippen molar-refractivity contribution in [1.82, 2.24) is 5.16 Å². The smallest absolute Gasteiger partial charge is 0.280 e. The molecule has 2 aliphatic rings. The van der Waals surface area contributed by atoms with Crippen molar-refractivity contribution in [2.45, 2.75) is 52.9 Å². The molecule has 1 aliphatic carbocycles. The first-order valence-electron chi connectivity index (χ1n) is 9.32. The van der Waals surface area contributed by atoms with Crippen molar-refractivity contribution in [3.63, 3.8) is 0 Å². The number of nitrogens with zero attached hydrogens (tertiary/aromatic N) is 2. The van der Waals surface area contributed by atoms with Crippen LogP contribution in [-0.4, -0.2) is 17.6 Å². The van der Waals surface area contributed by atoms with Crippen molar-refractivity contribution in [1.29, 1.82) is 0 Å². The van der Waals surface area contributed by atoms with Crippen LogP contribution >= 0.6 is 0 Å². The number of carbonyl (C=O) groups is 1. The van der Waals surface area contributed by atoms with Gasteiger partial charge in [-0.3, -0.25) is 4.79 Å². The molecule has 0 unspecified atom stereocenters. The summed E-state index contributed by atoms with van der Waals surface area (Å²) in [6, 6.07) is 8.19. The molecule has 4 rings (SSSR count). The van der Waals surface area contributed by atoms with Gasteiger partial charge in [0.05, 0.1) is 0 Å². The van der Waals surface area contributed by atoms with Crippen molar-refractivity contribution < 1.29 is 9.32 Å². The van der Waals surface area contributed by atoms with Gasteiger partial charge in [0, 0.05) is 24.2 Å². The lowest BCUT2D eigenvalue weighted by atomic mass is 9.71. The molecular formula is C21H26N2O2. The lowest BCUT2D eigenvalue weighted by Crippen LogP contribution is -2.36. The van der Waals surface area contributed by atoms with Gasteiger partial charge in [0.25, 0.3) is 5.91 Å². The van der Waals surface area contributed by atoms with Crippen molar-refractivity contribution in [2.24, 2.45) is 11.3 Å². The number of para-hydroxylation sites is 1. The minimum absolute atomic E-state index is 0.00768. The Kier molecular flexibility index (Phi) is 3.94. The first-order chi connectivity index (χ1) is 11.9. The molecule has 0 radical (unpaired) electrons. The molecule has 0 fully saturated rings. The minimum Gasteiger partial charge on any atom is -0.360 e. The fourth-order valence-corrected chi connectivity index (χ4v) is 4.18. The normalized spacial score (nSPS) is 20.1. The topological polar surface area (TPSA) is 46.3 Å². The average molecular weight is 338 g/mol. The van der Waals surface area contributed by atoms with Crippen LogP contribution in [0.15, 0.2) is 28.8 Å². The first kappa shape index (κ1) is 16.4. The Hall–Kier alpha value is -2.10. The van der Waals surface area contributed by atoms with E-state index in [-0.39, 0.29) is 11.3 Å². The lowest BCUT2D eigenvalue weighted by molar-refractivity contribution is 0.0975. The zero-order chi connectivity index (χ0) is 17.6. The number of fused-ring (bicyclic) bond motifs is 2. The van der Waals surface area contributed by atoms with Gasteiger partial charge in [-0.05, 0) is 48.6 Å². The van der Waals surface area contributed by atoms with E-state index in [2.05, 4.69) is 32.0 Å². The van der Waals surface area contributed by atoms with Crippen molar-refractivity contribution in [3.8, 4) is 0 Å². The number of aromatic nitrogens is 1. The molecule has 0 saturated heterocycles. The van der Waals surface area contributed by atoms with Crippen LogP contribution in [-0.2, 0) is 19.3 Å². The van der Waals surface area contributed by atoms with Crippen molar-refractivity contribution in [2.75, 3.05) is 11.4 Å². The van der Waals surface area contributed by atoms with E-state index in [1.807, 2.05) is 23.1 Å². The monoisotopic (exact) mass is 338 g/mol. The molecule has 4 heteroatoms. The highest BCUT2D eigenvalue weighted by molar-refractivity contribution is 6.06. The summed E-state index contributed by atoms with van der Waals surface area (Å²) >= 11 is 0. The largest absolute Gasteiger partial charge is 0.360 e. The number of rotatable bonds is 1. The summed E-state index contributed by atoms with van der Waals surface area (Å²) in [5, 5.41) is 4.20. The SMILES string of the molecule is CC(C)(C)[C@H]1CCc2onc(C(=O)N3CCCc4ccccc43)c2C1. The molecule has 0 N–H and O–H groups in total.